The Morgan fingerprint density at radius 3 is 2.62 bits per heavy atom. The van der Waals surface area contributed by atoms with Crippen LogP contribution >= 0.6 is 11.3 Å². The summed E-state index contributed by atoms with van der Waals surface area (Å²) in [5, 5.41) is 1.98. The largest absolute Gasteiger partial charge is 0.469 e. The highest BCUT2D eigenvalue weighted by atomic mass is 32.1. The van der Waals surface area contributed by atoms with Gasteiger partial charge in [-0.3, -0.25) is 14.5 Å². The number of methoxy groups -OCH3 is 1. The number of carbonyl (C=O) groups excluding carboxylic acids is 2. The molecular formula is C15H22N2O3S. The number of nitrogens with zero attached hydrogens (tertiary/aromatic N) is 2. The fourth-order valence-electron chi connectivity index (χ4n) is 2.47. The van der Waals surface area contributed by atoms with Gasteiger partial charge in [-0.05, 0) is 23.4 Å². The number of hydrogen-bond donors (Lipinski definition) is 0. The molecule has 0 aliphatic carbocycles. The highest BCUT2D eigenvalue weighted by Crippen LogP contribution is 2.20. The predicted molar refractivity (Wildman–Crippen MR) is 82.7 cm³/mol. The van der Waals surface area contributed by atoms with Gasteiger partial charge in [-0.2, -0.15) is 0 Å². The number of amides is 1. The molecule has 1 aromatic rings. The lowest BCUT2D eigenvalue weighted by Gasteiger charge is -2.34. The van der Waals surface area contributed by atoms with E-state index in [1.54, 1.807) is 0 Å². The maximum Gasteiger partial charge on any atom is 0.306 e. The summed E-state index contributed by atoms with van der Waals surface area (Å²) in [7, 11) is 1.41. The summed E-state index contributed by atoms with van der Waals surface area (Å²) < 4.78 is 4.65. The number of piperazine rings is 1. The molecule has 5 nitrogen and oxygen atoms in total. The fraction of sp³-hybridized carbons (Fsp3) is 0.600. The summed E-state index contributed by atoms with van der Waals surface area (Å²) in [5.41, 5.74) is 1.14. The third kappa shape index (κ3) is 4.04. The molecule has 116 valence electrons. The monoisotopic (exact) mass is 310 g/mol. The van der Waals surface area contributed by atoms with Gasteiger partial charge in [-0.15, -0.1) is 11.3 Å². The standard InChI is InChI=1S/C15H22N2O3S/c1-3-12-5-11-21-14(12)15(19)17-9-7-16(8-10-17)6-4-13(18)20-2/h5,11H,3-4,6-10H2,1-2H3. The van der Waals surface area contributed by atoms with Crippen molar-refractivity contribution in [3.8, 4) is 0 Å². The molecule has 1 aliphatic heterocycles. The van der Waals surface area contributed by atoms with Crippen LogP contribution in [0.2, 0.25) is 0 Å². The van der Waals surface area contributed by atoms with Crippen molar-refractivity contribution in [3.05, 3.63) is 21.9 Å². The summed E-state index contributed by atoms with van der Waals surface area (Å²) in [5.74, 6) is -0.0332. The smallest absolute Gasteiger partial charge is 0.306 e. The van der Waals surface area contributed by atoms with Gasteiger partial charge >= 0.3 is 5.97 Å². The second-order valence-electron chi connectivity index (χ2n) is 5.09. The molecule has 0 aromatic carbocycles. The molecule has 0 spiro atoms. The molecule has 0 saturated carbocycles. The van der Waals surface area contributed by atoms with Gasteiger partial charge in [0.15, 0.2) is 0 Å². The van der Waals surface area contributed by atoms with Crippen LogP contribution in [0.15, 0.2) is 11.4 Å². The molecule has 1 fully saturated rings. The highest BCUT2D eigenvalue weighted by molar-refractivity contribution is 7.12. The predicted octanol–water partition coefficient (Wildman–Crippen LogP) is 1.63. The molecule has 1 aliphatic rings. The van der Waals surface area contributed by atoms with Gasteiger partial charge in [0.2, 0.25) is 0 Å². The van der Waals surface area contributed by atoms with Crippen molar-refractivity contribution in [2.24, 2.45) is 0 Å². The summed E-state index contributed by atoms with van der Waals surface area (Å²) in [6.07, 6.45) is 1.30. The van der Waals surface area contributed by atoms with Gasteiger partial charge in [0.25, 0.3) is 5.91 Å². The highest BCUT2D eigenvalue weighted by Gasteiger charge is 2.24. The zero-order valence-electron chi connectivity index (χ0n) is 12.6. The Bertz CT molecular complexity index is 493. The van der Waals surface area contributed by atoms with Crippen LogP contribution in [0.1, 0.15) is 28.6 Å². The van der Waals surface area contributed by atoms with Crippen LogP contribution in [-0.2, 0) is 16.0 Å². The van der Waals surface area contributed by atoms with Crippen molar-refractivity contribution in [2.75, 3.05) is 39.8 Å². The lowest BCUT2D eigenvalue weighted by Crippen LogP contribution is -2.49. The van der Waals surface area contributed by atoms with Gasteiger partial charge in [-0.25, -0.2) is 0 Å². The van der Waals surface area contributed by atoms with Crippen LogP contribution < -0.4 is 0 Å². The first kappa shape index (κ1) is 16.0. The molecule has 0 N–H and O–H groups in total. The minimum Gasteiger partial charge on any atom is -0.469 e. The van der Waals surface area contributed by atoms with E-state index in [1.807, 2.05) is 16.3 Å². The topological polar surface area (TPSA) is 49.9 Å². The van der Waals surface area contributed by atoms with Gasteiger partial charge < -0.3 is 9.64 Å². The van der Waals surface area contributed by atoms with Gasteiger partial charge in [0.05, 0.1) is 18.4 Å². The van der Waals surface area contributed by atoms with Crippen LogP contribution in [0.25, 0.3) is 0 Å². The molecule has 21 heavy (non-hydrogen) atoms. The van der Waals surface area contributed by atoms with Gasteiger partial charge in [0.1, 0.15) is 0 Å². The van der Waals surface area contributed by atoms with Crippen LogP contribution in [0.3, 0.4) is 0 Å². The zero-order valence-corrected chi connectivity index (χ0v) is 13.4. The second kappa shape index (κ2) is 7.56. The molecule has 2 rings (SSSR count). The number of carbonyl (C=O) groups is 2. The van der Waals surface area contributed by atoms with Gasteiger partial charge in [-0.1, -0.05) is 6.92 Å². The maximum absolute atomic E-state index is 12.5. The Labute approximate surface area is 129 Å². The third-order valence-corrected chi connectivity index (χ3v) is 4.79. The Morgan fingerprint density at radius 2 is 2.00 bits per heavy atom. The van der Waals surface area contributed by atoms with Crippen molar-refractivity contribution >= 4 is 23.2 Å². The first-order valence-corrected chi connectivity index (χ1v) is 8.18. The lowest BCUT2D eigenvalue weighted by atomic mass is 10.2. The van der Waals surface area contributed by atoms with Crippen LogP contribution in [0.4, 0.5) is 0 Å². The average Bonchev–Trinajstić information content (AvgIpc) is 3.00. The number of ether oxygens (including phenoxy) is 1. The van der Waals surface area contributed by atoms with E-state index in [0.717, 1.165) is 43.0 Å². The van der Waals surface area contributed by atoms with E-state index in [9.17, 15) is 9.59 Å². The maximum atomic E-state index is 12.5. The number of thiophene rings is 1. The number of esters is 1. The minimum absolute atomic E-state index is 0.148. The third-order valence-electron chi connectivity index (χ3n) is 3.84. The van der Waals surface area contributed by atoms with E-state index in [-0.39, 0.29) is 11.9 Å². The summed E-state index contributed by atoms with van der Waals surface area (Å²) in [6, 6.07) is 2.03. The van der Waals surface area contributed by atoms with E-state index in [4.69, 9.17) is 0 Å². The van der Waals surface area contributed by atoms with Crippen molar-refractivity contribution < 1.29 is 14.3 Å². The molecule has 0 bridgehead atoms. The quantitative estimate of drug-likeness (QED) is 0.776. The van der Waals surface area contributed by atoms with Crippen LogP contribution in [0, 0.1) is 0 Å². The number of rotatable bonds is 5. The Morgan fingerprint density at radius 1 is 1.29 bits per heavy atom. The first-order chi connectivity index (χ1) is 10.2. The average molecular weight is 310 g/mol. The Hall–Kier alpha value is -1.40. The zero-order chi connectivity index (χ0) is 15.2. The van der Waals surface area contributed by atoms with E-state index >= 15 is 0 Å². The van der Waals surface area contributed by atoms with Gasteiger partial charge in [0, 0.05) is 32.7 Å². The molecule has 0 unspecified atom stereocenters. The van der Waals surface area contributed by atoms with E-state index < -0.39 is 0 Å². The van der Waals surface area contributed by atoms with E-state index in [2.05, 4.69) is 16.6 Å². The molecule has 6 heteroatoms. The Kier molecular flexibility index (Phi) is 5.76. The summed E-state index contributed by atoms with van der Waals surface area (Å²) in [6.45, 7) is 5.85. The van der Waals surface area contributed by atoms with Crippen molar-refractivity contribution in [2.45, 2.75) is 19.8 Å². The molecular weight excluding hydrogens is 288 g/mol. The Balaban J connectivity index is 1.83. The minimum atomic E-state index is -0.181. The molecule has 0 atom stereocenters. The normalized spacial score (nSPS) is 16.0. The molecule has 1 saturated heterocycles. The fourth-order valence-corrected chi connectivity index (χ4v) is 3.43. The number of hydrogen-bond acceptors (Lipinski definition) is 5. The van der Waals surface area contributed by atoms with E-state index in [0.29, 0.717) is 13.0 Å². The number of aryl methyl sites for hydroxylation is 1. The summed E-state index contributed by atoms with van der Waals surface area (Å²) >= 11 is 1.53. The SMILES string of the molecule is CCc1ccsc1C(=O)N1CCN(CCC(=O)OC)CC1. The van der Waals surface area contributed by atoms with Crippen LogP contribution in [0.5, 0.6) is 0 Å². The van der Waals surface area contributed by atoms with Crippen molar-refractivity contribution in [1.82, 2.24) is 9.80 Å². The van der Waals surface area contributed by atoms with Crippen molar-refractivity contribution in [1.29, 1.82) is 0 Å². The van der Waals surface area contributed by atoms with Crippen molar-refractivity contribution in [3.63, 3.8) is 0 Å². The molecule has 2 heterocycles. The lowest BCUT2D eigenvalue weighted by molar-refractivity contribution is -0.141. The second-order valence-corrected chi connectivity index (χ2v) is 6.00. The summed E-state index contributed by atoms with van der Waals surface area (Å²) in [4.78, 5) is 28.6. The molecule has 0 radical (unpaired) electrons. The first-order valence-electron chi connectivity index (χ1n) is 7.30. The van der Waals surface area contributed by atoms with E-state index in [1.165, 1.54) is 18.4 Å². The van der Waals surface area contributed by atoms with Crippen LogP contribution in [-0.4, -0.2) is 61.5 Å². The molecule has 1 aromatic heterocycles. The molecule has 1 amide bonds.